The average Bonchev–Trinajstić information content (AvgIpc) is 2.34. The molecule has 1 rings (SSSR count). The molecule has 1 N–H and O–H groups in total. The molecule has 0 aromatic carbocycles. The minimum absolute atomic E-state index is 0.208. The van der Waals surface area contributed by atoms with Gasteiger partial charge < -0.3 is 15.1 Å². The number of likely N-dealkylation sites (N-methyl/N-ethyl adjacent to an activating group) is 1. The van der Waals surface area contributed by atoms with E-state index in [0.717, 1.165) is 45.7 Å². The molecule has 4 heteroatoms. The fourth-order valence-electron chi connectivity index (χ4n) is 2.02. The van der Waals surface area contributed by atoms with Gasteiger partial charge in [0.2, 0.25) is 5.91 Å². The Morgan fingerprint density at radius 1 is 1.18 bits per heavy atom. The summed E-state index contributed by atoms with van der Waals surface area (Å²) in [6, 6.07) is 0. The standard InChI is InChI=1S/C13H27N3O/c1-3-4-5-7-14-13(17)6-8-16-11-9-15(2)10-12-16/h3-12H2,1-2H3,(H,14,17). The van der Waals surface area contributed by atoms with Crippen LogP contribution in [0.1, 0.15) is 32.6 Å². The largest absolute Gasteiger partial charge is 0.356 e. The molecule has 0 saturated carbocycles. The highest BCUT2D eigenvalue weighted by Gasteiger charge is 2.14. The molecule has 0 atom stereocenters. The van der Waals surface area contributed by atoms with Crippen LogP contribution in [0.4, 0.5) is 0 Å². The van der Waals surface area contributed by atoms with E-state index in [1.165, 1.54) is 12.8 Å². The van der Waals surface area contributed by atoms with Crippen molar-refractivity contribution >= 4 is 5.91 Å². The van der Waals surface area contributed by atoms with Crippen molar-refractivity contribution in [2.75, 3.05) is 46.3 Å². The minimum Gasteiger partial charge on any atom is -0.356 e. The summed E-state index contributed by atoms with van der Waals surface area (Å²) in [6.45, 7) is 8.37. The Kier molecular flexibility index (Phi) is 7.21. The van der Waals surface area contributed by atoms with Gasteiger partial charge in [-0.3, -0.25) is 4.79 Å². The second-order valence-corrected chi connectivity index (χ2v) is 4.95. The van der Waals surface area contributed by atoms with Gasteiger partial charge in [-0.1, -0.05) is 19.8 Å². The maximum atomic E-state index is 11.6. The van der Waals surface area contributed by atoms with Crippen LogP contribution in [0.5, 0.6) is 0 Å². The quantitative estimate of drug-likeness (QED) is 0.674. The first-order valence-corrected chi connectivity index (χ1v) is 6.90. The minimum atomic E-state index is 0.208. The van der Waals surface area contributed by atoms with E-state index in [2.05, 4.69) is 29.1 Å². The van der Waals surface area contributed by atoms with Gasteiger partial charge in [0.15, 0.2) is 0 Å². The molecule has 0 aliphatic carbocycles. The van der Waals surface area contributed by atoms with Gasteiger partial charge in [0.1, 0.15) is 0 Å². The van der Waals surface area contributed by atoms with Crippen molar-refractivity contribution in [1.82, 2.24) is 15.1 Å². The molecule has 0 aromatic rings. The third-order valence-corrected chi connectivity index (χ3v) is 3.35. The molecule has 0 aromatic heterocycles. The Hall–Kier alpha value is -0.610. The lowest BCUT2D eigenvalue weighted by atomic mass is 10.2. The Labute approximate surface area is 105 Å². The van der Waals surface area contributed by atoms with E-state index in [4.69, 9.17) is 0 Å². The van der Waals surface area contributed by atoms with Gasteiger partial charge in [-0.25, -0.2) is 0 Å². The number of nitrogens with one attached hydrogen (secondary N) is 1. The summed E-state index contributed by atoms with van der Waals surface area (Å²) in [4.78, 5) is 16.3. The monoisotopic (exact) mass is 241 g/mol. The predicted molar refractivity (Wildman–Crippen MR) is 71.1 cm³/mol. The summed E-state index contributed by atoms with van der Waals surface area (Å²) in [5.41, 5.74) is 0. The lowest BCUT2D eigenvalue weighted by Gasteiger charge is -2.32. The maximum Gasteiger partial charge on any atom is 0.221 e. The highest BCUT2D eigenvalue weighted by molar-refractivity contribution is 5.75. The molecule has 0 spiro atoms. The molecular weight excluding hydrogens is 214 g/mol. The number of nitrogens with zero attached hydrogens (tertiary/aromatic N) is 2. The molecule has 1 heterocycles. The van der Waals surface area contributed by atoms with Crippen LogP contribution in [0.15, 0.2) is 0 Å². The van der Waals surface area contributed by atoms with E-state index in [9.17, 15) is 4.79 Å². The second kappa shape index (κ2) is 8.48. The van der Waals surface area contributed by atoms with Crippen LogP contribution in [0.2, 0.25) is 0 Å². The van der Waals surface area contributed by atoms with Crippen LogP contribution >= 0.6 is 0 Å². The number of unbranched alkanes of at least 4 members (excludes halogenated alkanes) is 2. The summed E-state index contributed by atoms with van der Waals surface area (Å²) >= 11 is 0. The second-order valence-electron chi connectivity index (χ2n) is 4.95. The van der Waals surface area contributed by atoms with E-state index < -0.39 is 0 Å². The van der Waals surface area contributed by atoms with Crippen molar-refractivity contribution in [3.05, 3.63) is 0 Å². The Morgan fingerprint density at radius 3 is 2.53 bits per heavy atom. The number of piperazine rings is 1. The molecule has 1 amide bonds. The van der Waals surface area contributed by atoms with E-state index in [-0.39, 0.29) is 5.91 Å². The SMILES string of the molecule is CCCCCNC(=O)CCN1CCN(C)CC1. The summed E-state index contributed by atoms with van der Waals surface area (Å²) in [5, 5.41) is 2.99. The zero-order chi connectivity index (χ0) is 12.5. The van der Waals surface area contributed by atoms with Gasteiger partial charge in [0.25, 0.3) is 0 Å². The highest BCUT2D eigenvalue weighted by atomic mass is 16.1. The number of rotatable bonds is 7. The molecule has 4 nitrogen and oxygen atoms in total. The van der Waals surface area contributed by atoms with Gasteiger partial charge in [-0.15, -0.1) is 0 Å². The zero-order valence-electron chi connectivity index (χ0n) is 11.4. The van der Waals surface area contributed by atoms with Crippen molar-refractivity contribution in [3.8, 4) is 0 Å². The fourth-order valence-corrected chi connectivity index (χ4v) is 2.02. The van der Waals surface area contributed by atoms with Crippen LogP contribution in [0.25, 0.3) is 0 Å². The van der Waals surface area contributed by atoms with Crippen LogP contribution in [-0.2, 0) is 4.79 Å². The first-order valence-electron chi connectivity index (χ1n) is 6.90. The predicted octanol–water partition coefficient (Wildman–Crippen LogP) is 0.930. The van der Waals surface area contributed by atoms with Gasteiger partial charge >= 0.3 is 0 Å². The molecule has 17 heavy (non-hydrogen) atoms. The van der Waals surface area contributed by atoms with Crippen LogP contribution < -0.4 is 5.32 Å². The van der Waals surface area contributed by atoms with Crippen LogP contribution in [0, 0.1) is 0 Å². The number of hydrogen-bond donors (Lipinski definition) is 1. The van der Waals surface area contributed by atoms with Crippen LogP contribution in [-0.4, -0.2) is 62.0 Å². The molecule has 1 aliphatic rings. The number of hydrogen-bond acceptors (Lipinski definition) is 3. The van der Waals surface area contributed by atoms with Gasteiger partial charge in [0, 0.05) is 45.7 Å². The lowest BCUT2D eigenvalue weighted by molar-refractivity contribution is -0.121. The van der Waals surface area contributed by atoms with Gasteiger partial charge in [-0.05, 0) is 13.5 Å². The van der Waals surface area contributed by atoms with Gasteiger partial charge in [0.05, 0.1) is 0 Å². The van der Waals surface area contributed by atoms with Crippen molar-refractivity contribution in [3.63, 3.8) is 0 Å². The Bertz CT molecular complexity index is 213. The van der Waals surface area contributed by atoms with Crippen molar-refractivity contribution in [1.29, 1.82) is 0 Å². The van der Waals surface area contributed by atoms with E-state index >= 15 is 0 Å². The smallest absolute Gasteiger partial charge is 0.221 e. The first kappa shape index (κ1) is 14.5. The molecule has 1 fully saturated rings. The fraction of sp³-hybridized carbons (Fsp3) is 0.923. The first-order chi connectivity index (χ1) is 8.22. The Morgan fingerprint density at radius 2 is 1.88 bits per heavy atom. The third-order valence-electron chi connectivity index (χ3n) is 3.35. The van der Waals surface area contributed by atoms with Crippen molar-refractivity contribution in [2.45, 2.75) is 32.6 Å². The molecule has 100 valence electrons. The third kappa shape index (κ3) is 6.64. The molecule has 1 saturated heterocycles. The number of amides is 1. The van der Waals surface area contributed by atoms with Gasteiger partial charge in [-0.2, -0.15) is 0 Å². The summed E-state index contributed by atoms with van der Waals surface area (Å²) in [5.74, 6) is 0.208. The molecule has 1 aliphatic heterocycles. The highest BCUT2D eigenvalue weighted by Crippen LogP contribution is 2.00. The summed E-state index contributed by atoms with van der Waals surface area (Å²) in [7, 11) is 2.15. The number of carbonyl (C=O) groups is 1. The van der Waals surface area contributed by atoms with E-state index in [0.29, 0.717) is 6.42 Å². The topological polar surface area (TPSA) is 35.6 Å². The number of carbonyl (C=O) groups excluding carboxylic acids is 1. The zero-order valence-corrected chi connectivity index (χ0v) is 11.4. The lowest BCUT2D eigenvalue weighted by Crippen LogP contribution is -2.45. The van der Waals surface area contributed by atoms with Crippen molar-refractivity contribution in [2.24, 2.45) is 0 Å². The van der Waals surface area contributed by atoms with Crippen LogP contribution in [0.3, 0.4) is 0 Å². The molecule has 0 bridgehead atoms. The summed E-state index contributed by atoms with van der Waals surface area (Å²) in [6.07, 6.45) is 4.17. The molecule has 0 radical (unpaired) electrons. The maximum absolute atomic E-state index is 11.6. The van der Waals surface area contributed by atoms with E-state index in [1.54, 1.807) is 0 Å². The molecule has 0 unspecified atom stereocenters. The summed E-state index contributed by atoms with van der Waals surface area (Å²) < 4.78 is 0. The van der Waals surface area contributed by atoms with Crippen molar-refractivity contribution < 1.29 is 4.79 Å². The Balaban J connectivity index is 1.99. The van der Waals surface area contributed by atoms with E-state index in [1.807, 2.05) is 0 Å². The normalized spacial score (nSPS) is 18.2. The molecular formula is C13H27N3O. The average molecular weight is 241 g/mol.